The Bertz CT molecular complexity index is 502. The second-order valence-electron chi connectivity index (χ2n) is 4.08. The summed E-state index contributed by atoms with van der Waals surface area (Å²) in [7, 11) is 0. The predicted octanol–water partition coefficient (Wildman–Crippen LogP) is 1.46. The van der Waals surface area contributed by atoms with Crippen LogP contribution < -0.4 is 10.6 Å². The molecule has 0 aliphatic rings. The lowest BCUT2D eigenvalue weighted by Gasteiger charge is -2.12. The zero-order valence-electron chi connectivity index (χ0n) is 11.1. The Hall–Kier alpha value is -1.89. The smallest absolute Gasteiger partial charge is 0.328 e. The molecule has 0 saturated heterocycles. The molecular formula is C13H15BrN2O4. The number of esters is 1. The molecule has 2 amide bonds. The molecule has 1 rings (SSSR count). The summed E-state index contributed by atoms with van der Waals surface area (Å²) in [6, 6.07) is 6.20. The third-order valence-electron chi connectivity index (χ3n) is 2.25. The molecule has 0 unspecified atom stereocenters. The number of ether oxygens (including phenoxy) is 1. The summed E-state index contributed by atoms with van der Waals surface area (Å²) in [4.78, 5) is 33.8. The van der Waals surface area contributed by atoms with Gasteiger partial charge < -0.3 is 15.4 Å². The third kappa shape index (κ3) is 5.83. The van der Waals surface area contributed by atoms with Crippen LogP contribution in [-0.2, 0) is 19.1 Å². The second kappa shape index (κ2) is 7.64. The summed E-state index contributed by atoms with van der Waals surface area (Å²) < 4.78 is 5.68. The Morgan fingerprint density at radius 1 is 1.25 bits per heavy atom. The van der Waals surface area contributed by atoms with Crippen LogP contribution in [0.15, 0.2) is 28.7 Å². The van der Waals surface area contributed by atoms with E-state index in [0.717, 1.165) is 4.47 Å². The quantitative estimate of drug-likeness (QED) is 0.793. The number of benzene rings is 1. The molecule has 0 fully saturated rings. The monoisotopic (exact) mass is 342 g/mol. The van der Waals surface area contributed by atoms with Crippen LogP contribution in [0.3, 0.4) is 0 Å². The number of hydrogen-bond donors (Lipinski definition) is 2. The van der Waals surface area contributed by atoms with Gasteiger partial charge in [0.05, 0.1) is 0 Å². The molecule has 0 aliphatic heterocycles. The summed E-state index contributed by atoms with van der Waals surface area (Å²) in [5.74, 6) is -1.45. The summed E-state index contributed by atoms with van der Waals surface area (Å²) >= 11 is 3.28. The minimum Gasteiger partial charge on any atom is -0.454 e. The van der Waals surface area contributed by atoms with Crippen molar-refractivity contribution in [3.05, 3.63) is 28.7 Å². The first-order chi connectivity index (χ1) is 9.38. The van der Waals surface area contributed by atoms with Crippen molar-refractivity contribution in [2.45, 2.75) is 19.9 Å². The number of amides is 2. The van der Waals surface area contributed by atoms with Crippen LogP contribution in [0.2, 0.25) is 0 Å². The Balaban J connectivity index is 2.38. The van der Waals surface area contributed by atoms with Crippen molar-refractivity contribution < 1.29 is 19.1 Å². The minimum absolute atomic E-state index is 0.339. The molecule has 0 bridgehead atoms. The molecule has 0 aromatic heterocycles. The topological polar surface area (TPSA) is 84.5 Å². The molecule has 2 N–H and O–H groups in total. The predicted molar refractivity (Wildman–Crippen MR) is 77.0 cm³/mol. The van der Waals surface area contributed by atoms with Crippen molar-refractivity contribution >= 4 is 39.4 Å². The Morgan fingerprint density at radius 2 is 1.85 bits per heavy atom. The summed E-state index contributed by atoms with van der Waals surface area (Å²) in [6.07, 6.45) is 0. The van der Waals surface area contributed by atoms with Crippen LogP contribution in [0, 0.1) is 0 Å². The van der Waals surface area contributed by atoms with Crippen LogP contribution in [0.25, 0.3) is 0 Å². The normalized spacial score (nSPS) is 11.3. The summed E-state index contributed by atoms with van der Waals surface area (Å²) in [5.41, 5.74) is 0.601. The van der Waals surface area contributed by atoms with Crippen molar-refractivity contribution in [1.82, 2.24) is 5.32 Å². The van der Waals surface area contributed by atoms with Crippen molar-refractivity contribution in [2.75, 3.05) is 11.9 Å². The Kier molecular flexibility index (Phi) is 6.17. The Labute approximate surface area is 125 Å². The molecule has 108 valence electrons. The van der Waals surface area contributed by atoms with E-state index in [0.29, 0.717) is 5.69 Å². The van der Waals surface area contributed by atoms with Gasteiger partial charge in [-0.3, -0.25) is 9.59 Å². The van der Waals surface area contributed by atoms with Gasteiger partial charge in [-0.15, -0.1) is 0 Å². The second-order valence-corrected chi connectivity index (χ2v) is 5.00. The van der Waals surface area contributed by atoms with Crippen LogP contribution in [-0.4, -0.2) is 30.4 Å². The van der Waals surface area contributed by atoms with Gasteiger partial charge in [0.1, 0.15) is 6.04 Å². The first-order valence-corrected chi connectivity index (χ1v) is 6.67. The van der Waals surface area contributed by atoms with Crippen molar-refractivity contribution in [2.24, 2.45) is 0 Å². The highest BCUT2D eigenvalue weighted by Gasteiger charge is 2.16. The molecular weight excluding hydrogens is 328 g/mol. The van der Waals surface area contributed by atoms with Gasteiger partial charge in [-0.05, 0) is 31.2 Å². The first-order valence-electron chi connectivity index (χ1n) is 5.87. The maximum atomic E-state index is 11.6. The van der Waals surface area contributed by atoms with E-state index in [1.807, 2.05) is 0 Å². The highest BCUT2D eigenvalue weighted by Crippen LogP contribution is 2.13. The molecule has 1 aromatic carbocycles. The van der Waals surface area contributed by atoms with E-state index >= 15 is 0 Å². The largest absolute Gasteiger partial charge is 0.454 e. The molecule has 0 spiro atoms. The van der Waals surface area contributed by atoms with Gasteiger partial charge in [0.25, 0.3) is 5.91 Å². The lowest BCUT2D eigenvalue weighted by molar-refractivity contribution is -0.150. The number of halogens is 1. The van der Waals surface area contributed by atoms with E-state index in [1.54, 1.807) is 24.3 Å². The van der Waals surface area contributed by atoms with Crippen LogP contribution in [0.1, 0.15) is 13.8 Å². The van der Waals surface area contributed by atoms with E-state index in [1.165, 1.54) is 13.8 Å². The van der Waals surface area contributed by atoms with Crippen LogP contribution in [0.5, 0.6) is 0 Å². The molecule has 1 aromatic rings. The SMILES string of the molecule is CC(=O)N[C@H](C)C(=O)OCC(=O)Nc1ccc(Br)cc1. The van der Waals surface area contributed by atoms with Gasteiger partial charge in [-0.2, -0.15) is 0 Å². The standard InChI is InChI=1S/C13H15BrN2O4/c1-8(15-9(2)17)13(19)20-7-12(18)16-11-5-3-10(14)4-6-11/h3-6,8H,7H2,1-2H3,(H,15,17)(H,16,18)/t8-/m1/s1. The summed E-state index contributed by atoms with van der Waals surface area (Å²) in [5, 5.41) is 4.95. The van der Waals surface area contributed by atoms with Gasteiger partial charge in [0.15, 0.2) is 6.61 Å². The highest BCUT2D eigenvalue weighted by atomic mass is 79.9. The number of carbonyl (C=O) groups excluding carboxylic acids is 3. The number of anilines is 1. The minimum atomic E-state index is -0.784. The lowest BCUT2D eigenvalue weighted by atomic mass is 10.3. The molecule has 0 radical (unpaired) electrons. The van der Waals surface area contributed by atoms with E-state index in [9.17, 15) is 14.4 Å². The number of hydrogen-bond acceptors (Lipinski definition) is 4. The van der Waals surface area contributed by atoms with Gasteiger partial charge in [0.2, 0.25) is 5.91 Å². The molecule has 6 nitrogen and oxygen atoms in total. The van der Waals surface area contributed by atoms with E-state index in [-0.39, 0.29) is 5.91 Å². The third-order valence-corrected chi connectivity index (χ3v) is 2.78. The van der Waals surface area contributed by atoms with Crippen LogP contribution in [0.4, 0.5) is 5.69 Å². The summed E-state index contributed by atoms with van der Waals surface area (Å²) in [6.45, 7) is 2.37. The zero-order valence-corrected chi connectivity index (χ0v) is 12.7. The number of carbonyl (C=O) groups is 3. The number of nitrogens with one attached hydrogen (secondary N) is 2. The fourth-order valence-corrected chi connectivity index (χ4v) is 1.62. The van der Waals surface area contributed by atoms with E-state index < -0.39 is 24.5 Å². The van der Waals surface area contributed by atoms with E-state index in [2.05, 4.69) is 26.6 Å². The Morgan fingerprint density at radius 3 is 2.40 bits per heavy atom. The highest BCUT2D eigenvalue weighted by molar-refractivity contribution is 9.10. The van der Waals surface area contributed by atoms with Gasteiger partial charge >= 0.3 is 5.97 Å². The lowest BCUT2D eigenvalue weighted by Crippen LogP contribution is -2.39. The molecule has 0 aliphatic carbocycles. The van der Waals surface area contributed by atoms with Crippen molar-refractivity contribution in [3.8, 4) is 0 Å². The molecule has 7 heteroatoms. The van der Waals surface area contributed by atoms with Crippen molar-refractivity contribution in [1.29, 1.82) is 0 Å². The zero-order chi connectivity index (χ0) is 15.1. The van der Waals surface area contributed by atoms with Crippen molar-refractivity contribution in [3.63, 3.8) is 0 Å². The van der Waals surface area contributed by atoms with Gasteiger partial charge in [0, 0.05) is 17.1 Å². The maximum absolute atomic E-state index is 11.6. The molecule has 0 saturated carbocycles. The maximum Gasteiger partial charge on any atom is 0.328 e. The molecule has 1 atom stereocenters. The fraction of sp³-hybridized carbons (Fsp3) is 0.308. The van der Waals surface area contributed by atoms with Gasteiger partial charge in [-0.25, -0.2) is 4.79 Å². The van der Waals surface area contributed by atoms with Crippen LogP contribution >= 0.6 is 15.9 Å². The average molecular weight is 343 g/mol. The molecule has 20 heavy (non-hydrogen) atoms. The average Bonchev–Trinajstić information content (AvgIpc) is 2.38. The fourth-order valence-electron chi connectivity index (χ4n) is 1.36. The molecule has 0 heterocycles. The van der Waals surface area contributed by atoms with E-state index in [4.69, 9.17) is 4.74 Å². The number of rotatable bonds is 5. The van der Waals surface area contributed by atoms with Gasteiger partial charge in [-0.1, -0.05) is 15.9 Å². The first kappa shape index (κ1) is 16.2.